The van der Waals surface area contributed by atoms with Gasteiger partial charge in [0.2, 0.25) is 0 Å². The number of carbonyl (C=O) groups is 3. The van der Waals surface area contributed by atoms with Gasteiger partial charge in [-0.05, 0) is 99.8 Å². The normalized spacial score (nSPS) is 15.9. The summed E-state index contributed by atoms with van der Waals surface area (Å²) in [6.07, 6.45) is 7.48. The molecule has 6 rings (SSSR count). The second kappa shape index (κ2) is 13.5. The average molecular weight is 605 g/mol. The number of para-hydroxylation sites is 1. The van der Waals surface area contributed by atoms with Crippen molar-refractivity contribution < 1.29 is 18.8 Å². The number of rotatable bonds is 7. The summed E-state index contributed by atoms with van der Waals surface area (Å²) in [7, 11) is 1.75. The number of piperidine rings is 2. The molecule has 0 radical (unpaired) electrons. The topological polar surface area (TPSA) is 86.1 Å². The van der Waals surface area contributed by atoms with E-state index in [9.17, 15) is 14.4 Å². The van der Waals surface area contributed by atoms with Crippen molar-refractivity contribution in [2.75, 3.05) is 43.4 Å². The highest BCUT2D eigenvalue weighted by molar-refractivity contribution is 6.09. The van der Waals surface area contributed by atoms with E-state index in [-0.39, 0.29) is 17.7 Å². The Morgan fingerprint density at radius 2 is 1.47 bits per heavy atom. The number of carbonyl (C=O) groups excluding carboxylic acids is 3. The van der Waals surface area contributed by atoms with Crippen LogP contribution in [0.3, 0.4) is 0 Å². The maximum atomic E-state index is 13.5. The number of hydrogen-bond acceptors (Lipinski definition) is 5. The fraction of sp³-hybridized carbons (Fsp3) is 0.324. The highest BCUT2D eigenvalue weighted by Crippen LogP contribution is 2.32. The van der Waals surface area contributed by atoms with Crippen LogP contribution < -0.4 is 10.2 Å². The van der Waals surface area contributed by atoms with Crippen LogP contribution in [-0.2, 0) is 0 Å². The molecule has 0 spiro atoms. The molecule has 45 heavy (non-hydrogen) atoms. The quantitative estimate of drug-likeness (QED) is 0.249. The summed E-state index contributed by atoms with van der Waals surface area (Å²) < 4.78 is 5.22. The molecule has 2 saturated heterocycles. The van der Waals surface area contributed by atoms with Crippen LogP contribution in [0.15, 0.2) is 89.5 Å². The fourth-order valence-corrected chi connectivity index (χ4v) is 6.52. The van der Waals surface area contributed by atoms with E-state index in [1.165, 1.54) is 38.6 Å². The molecule has 8 nitrogen and oxygen atoms in total. The zero-order chi connectivity index (χ0) is 31.3. The number of amides is 3. The molecule has 0 atom stereocenters. The number of nitrogens with zero attached hydrogens (tertiary/aromatic N) is 3. The third-order valence-corrected chi connectivity index (χ3v) is 9.16. The minimum Gasteiger partial charge on any atom is -0.469 e. The van der Waals surface area contributed by atoms with Crippen molar-refractivity contribution >= 4 is 29.1 Å². The first-order valence-electron chi connectivity index (χ1n) is 15.9. The molecule has 4 aromatic rings. The van der Waals surface area contributed by atoms with Crippen LogP contribution in [0.5, 0.6) is 0 Å². The minimum atomic E-state index is -0.267. The first kappa shape index (κ1) is 30.3. The Morgan fingerprint density at radius 1 is 0.800 bits per heavy atom. The molecule has 2 fully saturated rings. The van der Waals surface area contributed by atoms with Crippen molar-refractivity contribution in [2.45, 2.75) is 45.1 Å². The van der Waals surface area contributed by atoms with E-state index in [0.29, 0.717) is 34.2 Å². The molecule has 1 N–H and O–H groups in total. The summed E-state index contributed by atoms with van der Waals surface area (Å²) in [4.78, 5) is 45.6. The summed E-state index contributed by atoms with van der Waals surface area (Å²) in [6, 6.07) is 24.5. The second-order valence-electron chi connectivity index (χ2n) is 12.0. The number of anilines is 2. The van der Waals surface area contributed by atoms with Crippen LogP contribution in [0.25, 0.3) is 11.1 Å². The second-order valence-corrected chi connectivity index (χ2v) is 12.0. The van der Waals surface area contributed by atoms with Gasteiger partial charge in [-0.3, -0.25) is 14.4 Å². The van der Waals surface area contributed by atoms with Gasteiger partial charge >= 0.3 is 0 Å². The number of aryl methyl sites for hydroxylation is 1. The molecule has 2 aliphatic heterocycles. The van der Waals surface area contributed by atoms with Crippen LogP contribution >= 0.6 is 0 Å². The highest BCUT2D eigenvalue weighted by atomic mass is 16.3. The molecule has 232 valence electrons. The Balaban J connectivity index is 1.10. The van der Waals surface area contributed by atoms with Gasteiger partial charge in [-0.1, -0.05) is 36.8 Å². The Kier molecular flexibility index (Phi) is 9.12. The molecular weight excluding hydrogens is 564 g/mol. The minimum absolute atomic E-state index is 0.0822. The third kappa shape index (κ3) is 6.71. The Hall–Kier alpha value is -4.69. The SMILES string of the molecule is Cc1occc1C(=O)Nc1ccc(C(=O)N(C)c2ccccc2-c2ccc(C(=O)N3CCC(N4CCCCC4)CC3)cc2)cc1. The van der Waals surface area contributed by atoms with Crippen molar-refractivity contribution in [1.82, 2.24) is 9.80 Å². The van der Waals surface area contributed by atoms with Crippen LogP contribution in [0.4, 0.5) is 11.4 Å². The Bertz CT molecular complexity index is 1650. The van der Waals surface area contributed by atoms with Crippen LogP contribution in [0.1, 0.15) is 68.9 Å². The standard InChI is InChI=1S/C37H40N4O4/c1-26-32(20-25-45-26)35(42)38-30-16-14-28(15-17-30)36(43)39(2)34-9-5-4-8-33(34)27-10-12-29(13-11-27)37(44)41-23-18-31(19-24-41)40-21-6-3-7-22-40/h4-5,8-17,20,25,31H,3,6-7,18-19,21-24H2,1-2H3,(H,38,42). The predicted molar refractivity (Wildman–Crippen MR) is 177 cm³/mol. The summed E-state index contributed by atoms with van der Waals surface area (Å²) in [6.45, 7) is 5.73. The lowest BCUT2D eigenvalue weighted by Crippen LogP contribution is -2.48. The van der Waals surface area contributed by atoms with Crippen LogP contribution in [0, 0.1) is 6.92 Å². The van der Waals surface area contributed by atoms with Gasteiger partial charge in [0.25, 0.3) is 17.7 Å². The van der Waals surface area contributed by atoms with Crippen molar-refractivity contribution in [3.63, 3.8) is 0 Å². The van der Waals surface area contributed by atoms with Crippen LogP contribution in [0.2, 0.25) is 0 Å². The Labute approximate surface area is 264 Å². The van der Waals surface area contributed by atoms with E-state index in [1.54, 1.807) is 49.2 Å². The monoisotopic (exact) mass is 604 g/mol. The van der Waals surface area contributed by atoms with Gasteiger partial charge in [-0.25, -0.2) is 0 Å². The van der Waals surface area contributed by atoms with Crippen molar-refractivity contribution in [3.8, 4) is 11.1 Å². The number of likely N-dealkylation sites (tertiary alicyclic amines) is 2. The van der Waals surface area contributed by atoms with E-state index in [1.807, 2.05) is 53.4 Å². The molecule has 0 aliphatic carbocycles. The van der Waals surface area contributed by atoms with Gasteiger partial charge in [-0.15, -0.1) is 0 Å². The van der Waals surface area contributed by atoms with E-state index in [0.717, 1.165) is 42.7 Å². The molecular formula is C37H40N4O4. The van der Waals surface area contributed by atoms with Crippen LogP contribution in [-0.4, -0.2) is 66.8 Å². The summed E-state index contributed by atoms with van der Waals surface area (Å²) in [5.74, 6) is 0.185. The van der Waals surface area contributed by atoms with Gasteiger partial charge in [-0.2, -0.15) is 0 Å². The molecule has 8 heteroatoms. The molecule has 0 bridgehead atoms. The number of hydrogen-bond donors (Lipinski definition) is 1. The molecule has 0 unspecified atom stereocenters. The summed E-state index contributed by atoms with van der Waals surface area (Å²) in [5.41, 5.74) is 4.82. The third-order valence-electron chi connectivity index (χ3n) is 9.16. The maximum absolute atomic E-state index is 13.5. The van der Waals surface area contributed by atoms with Gasteiger partial charge in [0, 0.05) is 48.6 Å². The average Bonchev–Trinajstić information content (AvgIpc) is 3.54. The summed E-state index contributed by atoms with van der Waals surface area (Å²) in [5, 5.41) is 2.84. The largest absolute Gasteiger partial charge is 0.469 e. The van der Waals surface area contributed by atoms with E-state index in [2.05, 4.69) is 10.2 Å². The van der Waals surface area contributed by atoms with E-state index < -0.39 is 0 Å². The van der Waals surface area contributed by atoms with Crippen molar-refractivity contribution in [1.29, 1.82) is 0 Å². The predicted octanol–water partition coefficient (Wildman–Crippen LogP) is 6.87. The van der Waals surface area contributed by atoms with Gasteiger partial charge < -0.3 is 24.4 Å². The Morgan fingerprint density at radius 3 is 2.13 bits per heavy atom. The van der Waals surface area contributed by atoms with Gasteiger partial charge in [0.05, 0.1) is 17.5 Å². The lowest BCUT2D eigenvalue weighted by atomic mass is 9.98. The lowest BCUT2D eigenvalue weighted by molar-refractivity contribution is 0.0589. The fourth-order valence-electron chi connectivity index (χ4n) is 6.52. The molecule has 0 saturated carbocycles. The van der Waals surface area contributed by atoms with E-state index in [4.69, 9.17) is 4.42 Å². The molecule has 3 amide bonds. The molecule has 1 aromatic heterocycles. The molecule has 3 heterocycles. The van der Waals surface area contributed by atoms with Gasteiger partial charge in [0.15, 0.2) is 0 Å². The highest BCUT2D eigenvalue weighted by Gasteiger charge is 2.28. The van der Waals surface area contributed by atoms with Crippen molar-refractivity contribution in [3.05, 3.63) is 108 Å². The molecule has 3 aromatic carbocycles. The smallest absolute Gasteiger partial charge is 0.259 e. The van der Waals surface area contributed by atoms with Gasteiger partial charge in [0.1, 0.15) is 5.76 Å². The molecule has 2 aliphatic rings. The first-order chi connectivity index (χ1) is 21.9. The van der Waals surface area contributed by atoms with Crippen molar-refractivity contribution in [2.24, 2.45) is 0 Å². The number of furan rings is 1. The van der Waals surface area contributed by atoms with E-state index >= 15 is 0 Å². The zero-order valence-electron chi connectivity index (χ0n) is 26.0. The number of nitrogens with one attached hydrogen (secondary N) is 1. The maximum Gasteiger partial charge on any atom is 0.259 e. The zero-order valence-corrected chi connectivity index (χ0v) is 26.0. The lowest BCUT2D eigenvalue weighted by Gasteiger charge is -2.40. The first-order valence-corrected chi connectivity index (χ1v) is 15.9. The summed E-state index contributed by atoms with van der Waals surface area (Å²) >= 11 is 0. The number of benzene rings is 3.